The molecular formula is C9H11NO5. The Morgan fingerprint density at radius 2 is 1.87 bits per heavy atom. The molecule has 2 atom stereocenters. The number of nitrogens with zero attached hydrogens (tertiary/aromatic N) is 1. The minimum absolute atomic E-state index is 0.0424. The van der Waals surface area contributed by atoms with E-state index in [0.29, 0.717) is 5.76 Å². The van der Waals surface area contributed by atoms with Gasteiger partial charge in [-0.25, -0.2) is 0 Å². The second-order valence-electron chi connectivity index (χ2n) is 3.45. The summed E-state index contributed by atoms with van der Waals surface area (Å²) in [6.45, 7) is 3.75. The van der Waals surface area contributed by atoms with Crippen LogP contribution in [0.15, 0.2) is 16.5 Å². The lowest BCUT2D eigenvalue weighted by Gasteiger charge is -2.04. The van der Waals surface area contributed by atoms with Crippen molar-refractivity contribution >= 4 is 5.88 Å². The van der Waals surface area contributed by atoms with Gasteiger partial charge in [-0.15, -0.1) is 0 Å². The lowest BCUT2D eigenvalue weighted by molar-refractivity contribution is -0.402. The van der Waals surface area contributed by atoms with Gasteiger partial charge in [0.15, 0.2) is 5.76 Å². The zero-order valence-electron chi connectivity index (χ0n) is 8.38. The topological polar surface area (TPSA) is 74.7 Å². The smallest absolute Gasteiger partial charge is 0.400 e. The largest absolute Gasteiger partial charge is 0.433 e. The van der Waals surface area contributed by atoms with Gasteiger partial charge in [-0.3, -0.25) is 10.1 Å². The zero-order chi connectivity index (χ0) is 11.0. The monoisotopic (exact) mass is 213 g/mol. The molecule has 0 N–H and O–H groups in total. The minimum Gasteiger partial charge on any atom is -0.400 e. The van der Waals surface area contributed by atoms with Crippen LogP contribution in [0.4, 0.5) is 5.88 Å². The summed E-state index contributed by atoms with van der Waals surface area (Å²) in [6.07, 6.45) is -0.720. The van der Waals surface area contributed by atoms with Gasteiger partial charge in [0.1, 0.15) is 4.92 Å². The Morgan fingerprint density at radius 3 is 2.33 bits per heavy atom. The molecule has 1 aromatic heterocycles. The Morgan fingerprint density at radius 1 is 1.27 bits per heavy atom. The third kappa shape index (κ3) is 1.86. The third-order valence-electron chi connectivity index (χ3n) is 2.36. The molecule has 6 nitrogen and oxygen atoms in total. The predicted octanol–water partition coefficient (Wildman–Crippen LogP) is 2.01. The Hall–Kier alpha value is -1.40. The molecule has 2 rings (SSSR count). The van der Waals surface area contributed by atoms with Crippen molar-refractivity contribution in [3.63, 3.8) is 0 Å². The SMILES string of the molecule is CC1OC(c2ccc([N+](=O)[O-])o2)OC1C. The molecule has 0 spiro atoms. The quantitative estimate of drug-likeness (QED) is 0.554. The summed E-state index contributed by atoms with van der Waals surface area (Å²) in [5.41, 5.74) is 0. The molecule has 2 heterocycles. The van der Waals surface area contributed by atoms with Crippen LogP contribution in [0.3, 0.4) is 0 Å². The number of hydrogen-bond acceptors (Lipinski definition) is 5. The molecule has 0 saturated carbocycles. The van der Waals surface area contributed by atoms with Crippen molar-refractivity contribution in [1.82, 2.24) is 0 Å². The molecule has 2 unspecified atom stereocenters. The molecule has 1 aliphatic rings. The first-order valence-corrected chi connectivity index (χ1v) is 4.63. The summed E-state index contributed by atoms with van der Waals surface area (Å²) >= 11 is 0. The van der Waals surface area contributed by atoms with Gasteiger partial charge in [-0.1, -0.05) is 0 Å². The van der Waals surface area contributed by atoms with E-state index in [2.05, 4.69) is 0 Å². The molecular weight excluding hydrogens is 202 g/mol. The average Bonchev–Trinajstić information content (AvgIpc) is 2.74. The summed E-state index contributed by atoms with van der Waals surface area (Å²) in [7, 11) is 0. The molecule has 0 amide bonds. The van der Waals surface area contributed by atoms with E-state index in [1.165, 1.54) is 12.1 Å². The molecule has 82 valence electrons. The highest BCUT2D eigenvalue weighted by atomic mass is 16.7. The number of ether oxygens (including phenoxy) is 2. The van der Waals surface area contributed by atoms with Gasteiger partial charge in [-0.2, -0.15) is 0 Å². The van der Waals surface area contributed by atoms with E-state index in [4.69, 9.17) is 13.9 Å². The highest BCUT2D eigenvalue weighted by Crippen LogP contribution is 2.33. The summed E-state index contributed by atoms with van der Waals surface area (Å²) in [6, 6.07) is 2.78. The Kier molecular flexibility index (Phi) is 2.45. The Bertz CT molecular complexity index is 364. The van der Waals surface area contributed by atoms with E-state index in [1.54, 1.807) is 0 Å². The van der Waals surface area contributed by atoms with Crippen molar-refractivity contribution in [2.75, 3.05) is 0 Å². The molecule has 1 aliphatic heterocycles. The maximum atomic E-state index is 10.4. The van der Waals surface area contributed by atoms with Gasteiger partial charge < -0.3 is 13.9 Å². The van der Waals surface area contributed by atoms with Crippen LogP contribution in [0.1, 0.15) is 25.9 Å². The van der Waals surface area contributed by atoms with Crippen LogP contribution in [-0.4, -0.2) is 17.1 Å². The van der Waals surface area contributed by atoms with Crippen LogP contribution < -0.4 is 0 Å². The highest BCUT2D eigenvalue weighted by molar-refractivity contribution is 5.18. The van der Waals surface area contributed by atoms with E-state index in [0.717, 1.165) is 0 Å². The van der Waals surface area contributed by atoms with Crippen molar-refractivity contribution in [2.45, 2.75) is 32.3 Å². The average molecular weight is 213 g/mol. The fraction of sp³-hybridized carbons (Fsp3) is 0.556. The van der Waals surface area contributed by atoms with Crippen molar-refractivity contribution in [3.8, 4) is 0 Å². The molecule has 1 aromatic rings. The van der Waals surface area contributed by atoms with Gasteiger partial charge in [0, 0.05) is 0 Å². The molecule has 6 heteroatoms. The molecule has 0 radical (unpaired) electrons. The van der Waals surface area contributed by atoms with Crippen LogP contribution in [0.25, 0.3) is 0 Å². The van der Waals surface area contributed by atoms with E-state index < -0.39 is 11.2 Å². The molecule has 1 fully saturated rings. The Balaban J connectivity index is 2.14. The van der Waals surface area contributed by atoms with Crippen molar-refractivity contribution < 1.29 is 18.8 Å². The summed E-state index contributed by atoms with van der Waals surface area (Å²) in [5, 5.41) is 10.4. The summed E-state index contributed by atoms with van der Waals surface area (Å²) in [5.74, 6) is 0.0299. The van der Waals surface area contributed by atoms with Crippen LogP contribution in [-0.2, 0) is 9.47 Å². The highest BCUT2D eigenvalue weighted by Gasteiger charge is 2.33. The van der Waals surface area contributed by atoms with Crippen LogP contribution >= 0.6 is 0 Å². The van der Waals surface area contributed by atoms with Crippen molar-refractivity contribution in [2.24, 2.45) is 0 Å². The Labute approximate surface area is 85.9 Å². The lowest BCUT2D eigenvalue weighted by Crippen LogP contribution is -2.13. The first-order valence-electron chi connectivity index (χ1n) is 4.63. The summed E-state index contributed by atoms with van der Waals surface area (Å²) < 4.78 is 15.8. The summed E-state index contributed by atoms with van der Waals surface area (Å²) in [4.78, 5) is 9.80. The van der Waals surface area contributed by atoms with Gasteiger partial charge in [0.2, 0.25) is 6.29 Å². The number of hydrogen-bond donors (Lipinski definition) is 0. The van der Waals surface area contributed by atoms with Gasteiger partial charge in [0.25, 0.3) is 0 Å². The molecule has 0 bridgehead atoms. The van der Waals surface area contributed by atoms with Crippen molar-refractivity contribution in [3.05, 3.63) is 28.0 Å². The molecule has 1 saturated heterocycles. The zero-order valence-corrected chi connectivity index (χ0v) is 8.38. The fourth-order valence-electron chi connectivity index (χ4n) is 1.34. The first kappa shape index (κ1) is 10.1. The van der Waals surface area contributed by atoms with E-state index in [1.807, 2.05) is 13.8 Å². The maximum absolute atomic E-state index is 10.4. The number of nitro groups is 1. The predicted molar refractivity (Wildman–Crippen MR) is 49.2 cm³/mol. The van der Waals surface area contributed by atoms with Crippen LogP contribution in [0, 0.1) is 10.1 Å². The molecule has 15 heavy (non-hydrogen) atoms. The fourth-order valence-corrected chi connectivity index (χ4v) is 1.34. The maximum Gasteiger partial charge on any atom is 0.433 e. The van der Waals surface area contributed by atoms with Gasteiger partial charge in [0.05, 0.1) is 18.3 Å². The van der Waals surface area contributed by atoms with E-state index in [9.17, 15) is 10.1 Å². The number of rotatable bonds is 2. The minimum atomic E-state index is -0.635. The second-order valence-corrected chi connectivity index (χ2v) is 3.45. The molecule has 0 aliphatic carbocycles. The third-order valence-corrected chi connectivity index (χ3v) is 2.36. The van der Waals surface area contributed by atoms with Crippen molar-refractivity contribution in [1.29, 1.82) is 0 Å². The van der Waals surface area contributed by atoms with E-state index >= 15 is 0 Å². The van der Waals surface area contributed by atoms with Gasteiger partial charge >= 0.3 is 5.88 Å². The number of furan rings is 1. The normalized spacial score (nSPS) is 30.7. The van der Waals surface area contributed by atoms with Crippen LogP contribution in [0.5, 0.6) is 0 Å². The van der Waals surface area contributed by atoms with E-state index in [-0.39, 0.29) is 18.1 Å². The standard InChI is InChI=1S/C9H11NO5/c1-5-6(2)14-9(13-5)7-3-4-8(15-7)10(11)12/h3-6,9H,1-2H3. The lowest BCUT2D eigenvalue weighted by atomic mass is 10.3. The van der Waals surface area contributed by atoms with Gasteiger partial charge in [-0.05, 0) is 19.9 Å². The second kappa shape index (κ2) is 3.63. The van der Waals surface area contributed by atoms with Crippen LogP contribution in [0.2, 0.25) is 0 Å². The first-order chi connectivity index (χ1) is 7.08. The molecule has 0 aromatic carbocycles.